The number of rotatable bonds is 2. The van der Waals surface area contributed by atoms with Gasteiger partial charge in [-0.15, -0.1) is 0 Å². The van der Waals surface area contributed by atoms with Gasteiger partial charge in [0.15, 0.2) is 0 Å². The maximum atomic E-state index is 13.5. The Morgan fingerprint density at radius 1 is 1.00 bits per heavy atom. The van der Waals surface area contributed by atoms with Gasteiger partial charge in [-0.05, 0) is 30.3 Å². The number of aromatic nitrogens is 1. The lowest BCUT2D eigenvalue weighted by atomic mass is 10.1. The van der Waals surface area contributed by atoms with Gasteiger partial charge in [0.1, 0.15) is 10.8 Å². The Kier molecular flexibility index (Phi) is 3.47. The van der Waals surface area contributed by atoms with Crippen LogP contribution in [0.4, 0.5) is 10.1 Å². The van der Waals surface area contributed by atoms with E-state index in [1.165, 1.54) is 12.1 Å². The minimum Gasteiger partial charge on any atom is -0.350 e. The van der Waals surface area contributed by atoms with E-state index in [0.717, 1.165) is 4.90 Å². The molecule has 0 atom stereocenters. The molecule has 0 spiro atoms. The number of carbonyl (C=O) groups is 2. The number of carbonyl (C=O) groups excluding carboxylic acids is 2. The molecule has 1 aliphatic rings. The predicted molar refractivity (Wildman–Crippen MR) is 94.6 cm³/mol. The molecule has 2 aromatic carbocycles. The summed E-state index contributed by atoms with van der Waals surface area (Å²) in [5.41, 5.74) is 1.72. The zero-order chi connectivity index (χ0) is 17.7. The van der Waals surface area contributed by atoms with Crippen LogP contribution in [-0.4, -0.2) is 16.4 Å². The molecule has 25 heavy (non-hydrogen) atoms. The van der Waals surface area contributed by atoms with Gasteiger partial charge in [0.2, 0.25) is 0 Å². The molecule has 0 bridgehead atoms. The Morgan fingerprint density at radius 2 is 1.72 bits per heavy atom. The minimum atomic E-state index is -0.563. The Balaban J connectivity index is 1.89. The minimum absolute atomic E-state index is 0.132. The Labute approximate surface area is 147 Å². The van der Waals surface area contributed by atoms with Crippen molar-refractivity contribution in [3.05, 3.63) is 71.1 Å². The van der Waals surface area contributed by atoms with Crippen LogP contribution >= 0.6 is 11.6 Å². The van der Waals surface area contributed by atoms with E-state index in [0.29, 0.717) is 22.2 Å². The van der Waals surface area contributed by atoms with E-state index < -0.39 is 11.8 Å². The molecular formula is C19H12ClFN2O2. The zero-order valence-corrected chi connectivity index (χ0v) is 13.9. The highest BCUT2D eigenvalue weighted by Crippen LogP contribution is 2.38. The fourth-order valence-corrected chi connectivity index (χ4v) is 3.37. The van der Waals surface area contributed by atoms with E-state index >= 15 is 0 Å². The lowest BCUT2D eigenvalue weighted by Crippen LogP contribution is -2.31. The Hall–Kier alpha value is -2.92. The summed E-state index contributed by atoms with van der Waals surface area (Å²) < 4.78 is 15.2. The van der Waals surface area contributed by atoms with Gasteiger partial charge >= 0.3 is 0 Å². The number of hydrogen-bond acceptors (Lipinski definition) is 2. The highest BCUT2D eigenvalue weighted by Gasteiger charge is 2.40. The molecule has 3 aromatic rings. The van der Waals surface area contributed by atoms with Crippen molar-refractivity contribution in [2.24, 2.45) is 7.05 Å². The molecule has 0 unspecified atom stereocenters. The molecule has 0 radical (unpaired) electrons. The fraction of sp³-hybridized carbons (Fsp3) is 0.0526. The summed E-state index contributed by atoms with van der Waals surface area (Å²) in [5, 5.41) is 0.527. The third kappa shape index (κ3) is 2.27. The van der Waals surface area contributed by atoms with E-state index in [1.807, 2.05) is 0 Å². The standard InChI is InChI=1S/C19H12ClFN2O2/c1-22-10-14(13-8-7-11(21)9-15(13)22)16-17(20)19(25)23(18(16)24)12-5-3-2-4-6-12/h2-10H,1H3. The topological polar surface area (TPSA) is 42.3 Å². The summed E-state index contributed by atoms with van der Waals surface area (Å²) >= 11 is 6.23. The number of amides is 2. The first-order valence-corrected chi connectivity index (χ1v) is 7.95. The smallest absolute Gasteiger partial charge is 0.277 e. The number of benzene rings is 2. The molecular weight excluding hydrogens is 343 g/mol. The second-order valence-electron chi connectivity index (χ2n) is 5.79. The van der Waals surface area contributed by atoms with E-state index in [1.54, 1.807) is 54.2 Å². The molecule has 4 nitrogen and oxygen atoms in total. The van der Waals surface area contributed by atoms with Crippen LogP contribution in [0.5, 0.6) is 0 Å². The maximum Gasteiger partial charge on any atom is 0.277 e. The second-order valence-corrected chi connectivity index (χ2v) is 6.16. The lowest BCUT2D eigenvalue weighted by molar-refractivity contribution is -0.119. The number of hydrogen-bond donors (Lipinski definition) is 0. The Morgan fingerprint density at radius 3 is 2.44 bits per heavy atom. The van der Waals surface area contributed by atoms with Gasteiger partial charge in [-0.25, -0.2) is 9.29 Å². The molecule has 0 N–H and O–H groups in total. The largest absolute Gasteiger partial charge is 0.350 e. The monoisotopic (exact) mass is 354 g/mol. The van der Waals surface area contributed by atoms with Crippen molar-refractivity contribution < 1.29 is 14.0 Å². The molecule has 1 aliphatic heterocycles. The van der Waals surface area contributed by atoms with Gasteiger partial charge in [-0.3, -0.25) is 9.59 Å². The highest BCUT2D eigenvalue weighted by atomic mass is 35.5. The van der Waals surface area contributed by atoms with E-state index in [2.05, 4.69) is 0 Å². The number of para-hydroxylation sites is 1. The molecule has 6 heteroatoms. The fourth-order valence-electron chi connectivity index (χ4n) is 3.10. The summed E-state index contributed by atoms with van der Waals surface area (Å²) in [6, 6.07) is 12.9. The average molecular weight is 355 g/mol. The molecule has 0 saturated carbocycles. The normalized spacial score (nSPS) is 14.9. The van der Waals surface area contributed by atoms with Crippen LogP contribution in [0.2, 0.25) is 0 Å². The van der Waals surface area contributed by atoms with Gasteiger partial charge in [-0.2, -0.15) is 0 Å². The highest BCUT2D eigenvalue weighted by molar-refractivity contribution is 6.60. The first kappa shape index (κ1) is 15.6. The van der Waals surface area contributed by atoms with Crippen molar-refractivity contribution in [2.45, 2.75) is 0 Å². The first-order chi connectivity index (χ1) is 12.0. The molecule has 0 saturated heterocycles. The third-order valence-corrected chi connectivity index (χ3v) is 4.61. The third-order valence-electron chi connectivity index (χ3n) is 4.26. The molecule has 4 rings (SSSR count). The van der Waals surface area contributed by atoms with Crippen LogP contribution in [-0.2, 0) is 16.6 Å². The van der Waals surface area contributed by atoms with Crippen molar-refractivity contribution in [3.63, 3.8) is 0 Å². The van der Waals surface area contributed by atoms with Gasteiger partial charge < -0.3 is 4.57 Å². The number of nitrogens with zero attached hydrogens (tertiary/aromatic N) is 2. The van der Waals surface area contributed by atoms with Crippen molar-refractivity contribution in [3.8, 4) is 0 Å². The summed E-state index contributed by atoms with van der Waals surface area (Å²) in [6.07, 6.45) is 1.68. The maximum absolute atomic E-state index is 13.5. The lowest BCUT2D eigenvalue weighted by Gasteiger charge is -2.14. The number of imide groups is 1. The summed E-state index contributed by atoms with van der Waals surface area (Å²) in [7, 11) is 1.75. The molecule has 0 fully saturated rings. The van der Waals surface area contributed by atoms with E-state index in [4.69, 9.17) is 11.6 Å². The van der Waals surface area contributed by atoms with Gasteiger partial charge in [0.25, 0.3) is 11.8 Å². The van der Waals surface area contributed by atoms with Crippen molar-refractivity contribution in [1.82, 2.24) is 4.57 Å². The quantitative estimate of drug-likeness (QED) is 0.656. The van der Waals surface area contributed by atoms with Crippen molar-refractivity contribution in [2.75, 3.05) is 4.90 Å². The second kappa shape index (κ2) is 5.57. The number of halogens is 2. The van der Waals surface area contributed by atoms with Crippen LogP contribution in [0, 0.1) is 5.82 Å². The number of anilines is 1. The summed E-state index contributed by atoms with van der Waals surface area (Å²) in [6.45, 7) is 0. The van der Waals surface area contributed by atoms with Crippen molar-refractivity contribution in [1.29, 1.82) is 0 Å². The van der Waals surface area contributed by atoms with Gasteiger partial charge in [-0.1, -0.05) is 29.8 Å². The van der Waals surface area contributed by atoms with E-state index in [9.17, 15) is 14.0 Å². The zero-order valence-electron chi connectivity index (χ0n) is 13.2. The number of aryl methyl sites for hydroxylation is 1. The first-order valence-electron chi connectivity index (χ1n) is 7.57. The van der Waals surface area contributed by atoms with Crippen LogP contribution in [0.15, 0.2) is 59.8 Å². The Bertz CT molecular complexity index is 1070. The van der Waals surface area contributed by atoms with Gasteiger partial charge in [0.05, 0.1) is 16.8 Å². The SMILES string of the molecule is Cn1cc(C2=C(Cl)C(=O)N(c3ccccc3)C2=O)c2ccc(F)cc21. The van der Waals surface area contributed by atoms with E-state index in [-0.39, 0.29) is 16.4 Å². The van der Waals surface area contributed by atoms with Gasteiger partial charge in [0, 0.05) is 24.2 Å². The molecule has 0 aliphatic carbocycles. The predicted octanol–water partition coefficient (Wildman–Crippen LogP) is 3.84. The molecule has 1 aromatic heterocycles. The number of fused-ring (bicyclic) bond motifs is 1. The molecule has 124 valence electrons. The molecule has 2 amide bonds. The van der Waals surface area contributed by atoms with Crippen LogP contribution < -0.4 is 4.90 Å². The molecule has 2 heterocycles. The average Bonchev–Trinajstić information content (AvgIpc) is 3.03. The van der Waals surface area contributed by atoms with Crippen molar-refractivity contribution >= 4 is 45.6 Å². The summed E-state index contributed by atoms with van der Waals surface area (Å²) in [4.78, 5) is 26.5. The van der Waals surface area contributed by atoms with Crippen LogP contribution in [0.1, 0.15) is 5.56 Å². The van der Waals surface area contributed by atoms with Crippen LogP contribution in [0.25, 0.3) is 16.5 Å². The van der Waals surface area contributed by atoms with Crippen LogP contribution in [0.3, 0.4) is 0 Å². The summed E-state index contributed by atoms with van der Waals surface area (Å²) in [5.74, 6) is -1.43.